The SMILES string of the molecule is CCCOc1cc(-c2cc(F)c(CF)c(F)c2)cc(OCCC)c1OCCC.FOc1cc(F)c(F)c(F)c1. The molecule has 0 amide bonds. The monoisotopic (exact) mass is 562 g/mol. The van der Waals surface area contributed by atoms with Crippen LogP contribution < -0.4 is 19.2 Å². The van der Waals surface area contributed by atoms with Crippen molar-refractivity contribution in [3.63, 3.8) is 0 Å². The molecule has 0 saturated heterocycles. The Morgan fingerprint density at radius 2 is 1.03 bits per heavy atom. The van der Waals surface area contributed by atoms with Gasteiger partial charge >= 0.3 is 0 Å². The van der Waals surface area contributed by atoms with Gasteiger partial charge in [0.1, 0.15) is 18.3 Å². The molecule has 0 unspecified atom stereocenters. The third-order valence-corrected chi connectivity index (χ3v) is 5.05. The first-order chi connectivity index (χ1) is 18.7. The highest BCUT2D eigenvalue weighted by atomic mass is 19.3. The second-order valence-electron chi connectivity index (χ2n) is 8.18. The zero-order chi connectivity index (χ0) is 28.9. The van der Waals surface area contributed by atoms with Crippen LogP contribution in [0.15, 0.2) is 36.4 Å². The molecule has 11 heteroatoms. The lowest BCUT2D eigenvalue weighted by molar-refractivity contribution is -0.00711. The summed E-state index contributed by atoms with van der Waals surface area (Å²) in [4.78, 5) is 2.98. The quantitative estimate of drug-likeness (QED) is 0.163. The van der Waals surface area contributed by atoms with Crippen LogP contribution in [0.3, 0.4) is 0 Å². The van der Waals surface area contributed by atoms with Crippen molar-refractivity contribution in [1.29, 1.82) is 0 Å². The summed E-state index contributed by atoms with van der Waals surface area (Å²) in [5.74, 6) is -5.79. The molecule has 0 saturated carbocycles. The highest BCUT2D eigenvalue weighted by molar-refractivity contribution is 5.71. The molecule has 214 valence electrons. The molecule has 0 aromatic heterocycles. The minimum atomic E-state index is -1.65. The molecule has 0 spiro atoms. The zero-order valence-electron chi connectivity index (χ0n) is 21.7. The molecule has 39 heavy (non-hydrogen) atoms. The Morgan fingerprint density at radius 3 is 1.44 bits per heavy atom. The van der Waals surface area contributed by atoms with Gasteiger partial charge in [0, 0.05) is 16.7 Å². The number of hydrogen-bond donors (Lipinski definition) is 0. The third kappa shape index (κ3) is 8.69. The summed E-state index contributed by atoms with van der Waals surface area (Å²) in [6.07, 6.45) is 2.39. The molecule has 0 atom stereocenters. The maximum atomic E-state index is 14.1. The fourth-order valence-electron chi connectivity index (χ4n) is 3.20. The van der Waals surface area contributed by atoms with Crippen LogP contribution in [-0.2, 0) is 6.67 Å². The van der Waals surface area contributed by atoms with E-state index in [-0.39, 0.29) is 5.56 Å². The Kier molecular flexibility index (Phi) is 12.7. The van der Waals surface area contributed by atoms with Gasteiger partial charge in [0.2, 0.25) is 5.75 Å². The van der Waals surface area contributed by atoms with Gasteiger partial charge in [-0.3, -0.25) is 4.94 Å². The van der Waals surface area contributed by atoms with Gasteiger partial charge in [-0.15, -0.1) is 0 Å². The first kappa shape index (κ1) is 31.6. The van der Waals surface area contributed by atoms with Crippen molar-refractivity contribution in [2.24, 2.45) is 0 Å². The molecule has 0 heterocycles. The van der Waals surface area contributed by atoms with Crippen molar-refractivity contribution < 1.29 is 50.0 Å². The molecule has 0 aliphatic carbocycles. The Labute approximate surface area is 222 Å². The standard InChI is InChI=1S/C22H27F3O3.C6H2F4O/c1-4-7-26-20-12-16(15-10-18(24)17(14-23)19(25)11-15)13-21(27-8-5-2)22(20)28-9-6-3;7-4-1-3(11-10)2-5(8)6(4)9/h10-13H,4-9,14H2,1-3H3;1-2H. The second-order valence-corrected chi connectivity index (χ2v) is 8.18. The van der Waals surface area contributed by atoms with Gasteiger partial charge in [-0.05, 0) is 54.7 Å². The molecule has 0 aliphatic rings. The molecule has 0 radical (unpaired) electrons. The van der Waals surface area contributed by atoms with E-state index in [1.165, 1.54) is 0 Å². The van der Waals surface area contributed by atoms with Gasteiger partial charge in [-0.25, -0.2) is 26.3 Å². The molecule has 3 aromatic carbocycles. The van der Waals surface area contributed by atoms with Crippen LogP contribution in [0.4, 0.5) is 30.9 Å². The van der Waals surface area contributed by atoms with Crippen LogP contribution in [0.25, 0.3) is 11.1 Å². The van der Waals surface area contributed by atoms with E-state index in [1.807, 2.05) is 20.8 Å². The fourth-order valence-corrected chi connectivity index (χ4v) is 3.20. The summed E-state index contributed by atoms with van der Waals surface area (Å²) in [5.41, 5.74) is 0.206. The van der Waals surface area contributed by atoms with E-state index in [2.05, 4.69) is 4.94 Å². The predicted octanol–water partition coefficient (Wildman–Crippen LogP) is 8.83. The van der Waals surface area contributed by atoms with E-state index in [4.69, 9.17) is 14.2 Å². The van der Waals surface area contributed by atoms with Crippen LogP contribution in [-0.4, -0.2) is 19.8 Å². The van der Waals surface area contributed by atoms with Gasteiger partial charge in [0.05, 0.1) is 25.4 Å². The van der Waals surface area contributed by atoms with Crippen molar-refractivity contribution in [3.8, 4) is 34.1 Å². The summed E-state index contributed by atoms with van der Waals surface area (Å²) < 4.78 is 106. The summed E-state index contributed by atoms with van der Waals surface area (Å²) >= 11 is 0. The zero-order valence-corrected chi connectivity index (χ0v) is 21.7. The first-order valence-corrected chi connectivity index (χ1v) is 12.2. The fraction of sp³-hybridized carbons (Fsp3) is 0.357. The largest absolute Gasteiger partial charge is 0.490 e. The Balaban J connectivity index is 0.000000404. The van der Waals surface area contributed by atoms with E-state index < -0.39 is 47.1 Å². The van der Waals surface area contributed by atoms with Crippen molar-refractivity contribution in [2.45, 2.75) is 46.7 Å². The summed E-state index contributed by atoms with van der Waals surface area (Å²) in [6.45, 7) is 6.16. The smallest absolute Gasteiger partial charge is 0.203 e. The Bertz CT molecular complexity index is 1150. The van der Waals surface area contributed by atoms with Crippen molar-refractivity contribution >= 4 is 0 Å². The van der Waals surface area contributed by atoms with Crippen molar-refractivity contribution in [3.05, 3.63) is 71.0 Å². The average molecular weight is 563 g/mol. The number of rotatable bonds is 12. The minimum absolute atomic E-state index is 0.275. The highest BCUT2D eigenvalue weighted by Crippen LogP contribution is 2.42. The first-order valence-electron chi connectivity index (χ1n) is 12.2. The average Bonchev–Trinajstić information content (AvgIpc) is 2.92. The van der Waals surface area contributed by atoms with E-state index >= 15 is 0 Å². The van der Waals surface area contributed by atoms with E-state index in [1.54, 1.807) is 12.1 Å². The number of benzene rings is 3. The van der Waals surface area contributed by atoms with Gasteiger partial charge in [-0.2, -0.15) is 0 Å². The lowest BCUT2D eigenvalue weighted by atomic mass is 10.0. The second kappa shape index (κ2) is 15.7. The normalized spacial score (nSPS) is 10.5. The molecular formula is C28H29F7O4. The molecular weight excluding hydrogens is 533 g/mol. The number of halogens is 7. The summed E-state index contributed by atoms with van der Waals surface area (Å²) in [5, 5.41) is 0. The van der Waals surface area contributed by atoms with Crippen molar-refractivity contribution in [1.82, 2.24) is 0 Å². The maximum Gasteiger partial charge on any atom is 0.203 e. The molecule has 4 nitrogen and oxygen atoms in total. The molecule has 3 aromatic rings. The third-order valence-electron chi connectivity index (χ3n) is 5.05. The maximum absolute atomic E-state index is 14.1. The number of ether oxygens (including phenoxy) is 3. The summed E-state index contributed by atoms with van der Waals surface area (Å²) in [7, 11) is 0. The molecule has 0 fully saturated rings. The lowest BCUT2D eigenvalue weighted by Gasteiger charge is -2.18. The van der Waals surface area contributed by atoms with E-state index in [0.29, 0.717) is 54.8 Å². The van der Waals surface area contributed by atoms with Crippen LogP contribution in [0.5, 0.6) is 23.0 Å². The molecule has 0 N–H and O–H groups in total. The highest BCUT2D eigenvalue weighted by Gasteiger charge is 2.19. The topological polar surface area (TPSA) is 36.9 Å². The number of alkyl halides is 1. The van der Waals surface area contributed by atoms with E-state index in [0.717, 1.165) is 31.4 Å². The predicted molar refractivity (Wildman–Crippen MR) is 132 cm³/mol. The number of hydrogen-bond acceptors (Lipinski definition) is 4. The molecule has 0 aliphatic heterocycles. The van der Waals surface area contributed by atoms with Crippen LogP contribution in [0.2, 0.25) is 0 Å². The van der Waals surface area contributed by atoms with Gasteiger partial charge in [0.25, 0.3) is 0 Å². The van der Waals surface area contributed by atoms with Crippen LogP contribution in [0.1, 0.15) is 45.6 Å². The molecule has 0 bridgehead atoms. The lowest BCUT2D eigenvalue weighted by Crippen LogP contribution is -2.05. The van der Waals surface area contributed by atoms with Gasteiger partial charge in [-0.1, -0.05) is 20.8 Å². The van der Waals surface area contributed by atoms with Crippen molar-refractivity contribution in [2.75, 3.05) is 19.8 Å². The molecule has 3 rings (SSSR count). The van der Waals surface area contributed by atoms with E-state index in [9.17, 15) is 30.9 Å². The van der Waals surface area contributed by atoms with Gasteiger partial charge in [0.15, 0.2) is 34.7 Å². The Morgan fingerprint density at radius 1 is 0.590 bits per heavy atom. The van der Waals surface area contributed by atoms with Crippen LogP contribution in [0, 0.1) is 29.1 Å². The van der Waals surface area contributed by atoms with Gasteiger partial charge < -0.3 is 14.2 Å². The van der Waals surface area contributed by atoms with Crippen LogP contribution >= 0.6 is 0 Å². The summed E-state index contributed by atoms with van der Waals surface area (Å²) in [6, 6.07) is 6.38. The minimum Gasteiger partial charge on any atom is -0.490 e. The Hall–Kier alpha value is -3.63.